The van der Waals surface area contributed by atoms with Gasteiger partial charge in [0.25, 0.3) is 5.69 Å². The van der Waals surface area contributed by atoms with Crippen LogP contribution in [-0.2, 0) is 4.74 Å². The summed E-state index contributed by atoms with van der Waals surface area (Å²) in [7, 11) is 0. The number of carbonyl (C=O) groups excluding carboxylic acids is 1. The van der Waals surface area contributed by atoms with Crippen molar-refractivity contribution in [2.75, 3.05) is 6.61 Å². The van der Waals surface area contributed by atoms with Crippen molar-refractivity contribution in [3.05, 3.63) is 58.4 Å². The first-order chi connectivity index (χ1) is 10.1. The average molecular weight is 288 g/mol. The first-order valence-corrected chi connectivity index (χ1v) is 6.15. The molecular formula is C14H12N2O5. The van der Waals surface area contributed by atoms with Gasteiger partial charge < -0.3 is 9.47 Å². The van der Waals surface area contributed by atoms with Crippen LogP contribution < -0.4 is 4.74 Å². The Labute approximate surface area is 120 Å². The van der Waals surface area contributed by atoms with Crippen molar-refractivity contribution in [1.82, 2.24) is 4.98 Å². The van der Waals surface area contributed by atoms with E-state index in [2.05, 4.69) is 4.98 Å². The molecule has 0 fully saturated rings. The Morgan fingerprint density at radius 2 is 1.95 bits per heavy atom. The van der Waals surface area contributed by atoms with Gasteiger partial charge in [0.1, 0.15) is 11.5 Å². The van der Waals surface area contributed by atoms with Gasteiger partial charge in [-0.05, 0) is 25.1 Å². The largest absolute Gasteiger partial charge is 0.461 e. The molecule has 1 aromatic heterocycles. The molecule has 0 unspecified atom stereocenters. The van der Waals surface area contributed by atoms with E-state index in [1.807, 2.05) is 0 Å². The monoisotopic (exact) mass is 288 g/mol. The van der Waals surface area contributed by atoms with Crippen LogP contribution in [0.15, 0.2) is 42.6 Å². The predicted octanol–water partition coefficient (Wildman–Crippen LogP) is 2.96. The molecule has 21 heavy (non-hydrogen) atoms. The lowest BCUT2D eigenvalue weighted by Crippen LogP contribution is -2.06. The maximum Gasteiger partial charge on any atom is 0.357 e. The molecule has 0 saturated carbocycles. The summed E-state index contributed by atoms with van der Waals surface area (Å²) in [6.45, 7) is 1.96. The zero-order valence-electron chi connectivity index (χ0n) is 11.2. The molecule has 0 aliphatic heterocycles. The Hall–Kier alpha value is -2.96. The van der Waals surface area contributed by atoms with Crippen molar-refractivity contribution in [2.45, 2.75) is 6.92 Å². The summed E-state index contributed by atoms with van der Waals surface area (Å²) < 4.78 is 10.4. The van der Waals surface area contributed by atoms with Gasteiger partial charge in [0, 0.05) is 24.4 Å². The van der Waals surface area contributed by atoms with Crippen LogP contribution in [0.2, 0.25) is 0 Å². The highest BCUT2D eigenvalue weighted by atomic mass is 16.6. The van der Waals surface area contributed by atoms with Gasteiger partial charge in [0.15, 0.2) is 5.69 Å². The molecule has 7 heteroatoms. The van der Waals surface area contributed by atoms with Crippen molar-refractivity contribution in [1.29, 1.82) is 0 Å². The lowest BCUT2D eigenvalue weighted by atomic mass is 10.3. The number of nitrogens with zero attached hydrogens (tertiary/aromatic N) is 2. The minimum Gasteiger partial charge on any atom is -0.461 e. The standard InChI is InChI=1S/C14H12N2O5/c1-2-20-14(17)13-9-12(7-8-15-13)21-11-5-3-10(4-6-11)16(18)19/h3-9H,2H2,1H3. The number of hydrogen-bond donors (Lipinski definition) is 0. The number of non-ortho nitro benzene ring substituents is 1. The van der Waals surface area contributed by atoms with Crippen molar-refractivity contribution < 1.29 is 19.2 Å². The number of esters is 1. The fraction of sp³-hybridized carbons (Fsp3) is 0.143. The fourth-order valence-electron chi connectivity index (χ4n) is 1.56. The van der Waals surface area contributed by atoms with Gasteiger partial charge in [0.05, 0.1) is 11.5 Å². The van der Waals surface area contributed by atoms with Gasteiger partial charge in [-0.15, -0.1) is 0 Å². The molecule has 0 amide bonds. The highest BCUT2D eigenvalue weighted by Gasteiger charge is 2.10. The number of ether oxygens (including phenoxy) is 2. The van der Waals surface area contributed by atoms with Crippen molar-refractivity contribution in [2.24, 2.45) is 0 Å². The van der Waals surface area contributed by atoms with Crippen LogP contribution in [-0.4, -0.2) is 22.5 Å². The summed E-state index contributed by atoms with van der Waals surface area (Å²) in [5.41, 5.74) is 0.112. The average Bonchev–Trinajstić information content (AvgIpc) is 2.48. The third kappa shape index (κ3) is 3.75. The second-order valence-electron chi connectivity index (χ2n) is 3.95. The molecule has 0 N–H and O–H groups in total. The maximum atomic E-state index is 11.6. The number of nitro groups is 1. The molecule has 108 valence electrons. The first kappa shape index (κ1) is 14.4. The molecule has 1 aromatic carbocycles. The number of benzene rings is 1. The van der Waals surface area contributed by atoms with E-state index in [1.54, 1.807) is 13.0 Å². The lowest BCUT2D eigenvalue weighted by Gasteiger charge is -2.06. The number of rotatable bonds is 5. The van der Waals surface area contributed by atoms with E-state index in [0.29, 0.717) is 11.5 Å². The quantitative estimate of drug-likeness (QED) is 0.477. The normalized spacial score (nSPS) is 9.95. The Bertz CT molecular complexity index is 655. The molecule has 0 aliphatic rings. The van der Waals surface area contributed by atoms with E-state index in [1.165, 1.54) is 36.5 Å². The van der Waals surface area contributed by atoms with Crippen LogP contribution in [0.25, 0.3) is 0 Å². The van der Waals surface area contributed by atoms with E-state index in [9.17, 15) is 14.9 Å². The second-order valence-corrected chi connectivity index (χ2v) is 3.95. The summed E-state index contributed by atoms with van der Waals surface area (Å²) in [6.07, 6.45) is 1.42. The highest BCUT2D eigenvalue weighted by molar-refractivity contribution is 5.87. The highest BCUT2D eigenvalue weighted by Crippen LogP contribution is 2.24. The first-order valence-electron chi connectivity index (χ1n) is 6.15. The molecule has 0 saturated heterocycles. The topological polar surface area (TPSA) is 91.6 Å². The van der Waals surface area contributed by atoms with Gasteiger partial charge in [-0.2, -0.15) is 0 Å². The molecule has 0 bridgehead atoms. The van der Waals surface area contributed by atoms with Gasteiger partial charge in [-0.3, -0.25) is 10.1 Å². The molecule has 2 aromatic rings. The third-order valence-corrected chi connectivity index (χ3v) is 2.50. The molecule has 0 spiro atoms. The smallest absolute Gasteiger partial charge is 0.357 e. The van der Waals surface area contributed by atoms with Crippen LogP contribution >= 0.6 is 0 Å². The van der Waals surface area contributed by atoms with Crippen molar-refractivity contribution in [3.63, 3.8) is 0 Å². The number of nitro benzene ring substituents is 1. The number of aromatic nitrogens is 1. The molecule has 0 aliphatic carbocycles. The molecule has 7 nitrogen and oxygen atoms in total. The van der Waals surface area contributed by atoms with Gasteiger partial charge >= 0.3 is 5.97 Å². The predicted molar refractivity (Wildman–Crippen MR) is 73.4 cm³/mol. The number of hydrogen-bond acceptors (Lipinski definition) is 6. The zero-order valence-corrected chi connectivity index (χ0v) is 11.2. The summed E-state index contributed by atoms with van der Waals surface area (Å²) in [4.78, 5) is 25.5. The molecular weight excluding hydrogens is 276 g/mol. The second kappa shape index (κ2) is 6.47. The van der Waals surface area contributed by atoms with Gasteiger partial charge in [-0.1, -0.05) is 0 Å². The van der Waals surface area contributed by atoms with Crippen LogP contribution in [0.3, 0.4) is 0 Å². The molecule has 1 heterocycles. The lowest BCUT2D eigenvalue weighted by molar-refractivity contribution is -0.384. The summed E-state index contributed by atoms with van der Waals surface area (Å²) in [5.74, 6) is 0.273. The van der Waals surface area contributed by atoms with E-state index < -0.39 is 10.9 Å². The van der Waals surface area contributed by atoms with Crippen LogP contribution in [0, 0.1) is 10.1 Å². The number of carbonyl (C=O) groups is 1. The van der Waals surface area contributed by atoms with Crippen molar-refractivity contribution in [3.8, 4) is 11.5 Å². The summed E-state index contributed by atoms with van der Waals surface area (Å²) >= 11 is 0. The minimum atomic E-state index is -0.536. The zero-order chi connectivity index (χ0) is 15.2. The number of pyridine rings is 1. The van der Waals surface area contributed by atoms with Crippen molar-refractivity contribution >= 4 is 11.7 Å². The molecule has 0 radical (unpaired) electrons. The van der Waals surface area contributed by atoms with E-state index in [4.69, 9.17) is 9.47 Å². The minimum absolute atomic E-state index is 0.0238. The maximum absolute atomic E-state index is 11.6. The Balaban J connectivity index is 2.14. The van der Waals surface area contributed by atoms with Gasteiger partial charge in [-0.25, -0.2) is 9.78 Å². The Morgan fingerprint density at radius 3 is 2.57 bits per heavy atom. The Kier molecular flexibility index (Phi) is 4.45. The molecule has 2 rings (SSSR count). The van der Waals surface area contributed by atoms with E-state index >= 15 is 0 Å². The van der Waals surface area contributed by atoms with Crippen LogP contribution in [0.4, 0.5) is 5.69 Å². The van der Waals surface area contributed by atoms with E-state index in [0.717, 1.165) is 0 Å². The fourth-order valence-corrected chi connectivity index (χ4v) is 1.56. The summed E-state index contributed by atoms with van der Waals surface area (Å²) in [5, 5.41) is 10.6. The third-order valence-electron chi connectivity index (χ3n) is 2.50. The van der Waals surface area contributed by atoms with E-state index in [-0.39, 0.29) is 18.0 Å². The van der Waals surface area contributed by atoms with Crippen LogP contribution in [0.5, 0.6) is 11.5 Å². The summed E-state index contributed by atoms with van der Waals surface area (Å²) in [6, 6.07) is 8.64. The Morgan fingerprint density at radius 1 is 1.24 bits per heavy atom. The van der Waals surface area contributed by atoms with Gasteiger partial charge in [0.2, 0.25) is 0 Å². The SMILES string of the molecule is CCOC(=O)c1cc(Oc2ccc([N+](=O)[O-])cc2)ccn1. The molecule has 0 atom stereocenters. The van der Waals surface area contributed by atoms with Crippen LogP contribution in [0.1, 0.15) is 17.4 Å².